The highest BCUT2D eigenvalue weighted by molar-refractivity contribution is 6.21. The number of allylic oxidation sites excluding steroid dienone is 4. The maximum absolute atomic E-state index is 2.47. The summed E-state index contributed by atoms with van der Waals surface area (Å²) in [6, 6.07) is 42.3. The van der Waals surface area contributed by atoms with E-state index in [0.29, 0.717) is 0 Å². The number of fused-ring (bicyclic) bond motifs is 7. The Morgan fingerprint density at radius 1 is 0.556 bits per heavy atom. The van der Waals surface area contributed by atoms with Crippen LogP contribution >= 0.6 is 0 Å². The minimum absolute atomic E-state index is 0.0271. The quantitative estimate of drug-likeness (QED) is 0.197. The zero-order valence-corrected chi connectivity index (χ0v) is 25.7. The van der Waals surface area contributed by atoms with Gasteiger partial charge in [0.25, 0.3) is 0 Å². The van der Waals surface area contributed by atoms with Gasteiger partial charge in [0.15, 0.2) is 0 Å². The topological polar surface area (TPSA) is 9.86 Å². The minimum atomic E-state index is -0.0271. The molecule has 2 aliphatic carbocycles. The van der Waals surface area contributed by atoms with E-state index < -0.39 is 0 Å². The second-order valence-corrected chi connectivity index (χ2v) is 13.1. The van der Waals surface area contributed by atoms with Gasteiger partial charge in [-0.15, -0.1) is 0 Å². The smallest absolute Gasteiger partial charge is 0.0548 e. The van der Waals surface area contributed by atoms with Crippen LogP contribution in [0.5, 0.6) is 0 Å². The van der Waals surface area contributed by atoms with Gasteiger partial charge in [0.1, 0.15) is 0 Å². The van der Waals surface area contributed by atoms with Gasteiger partial charge in [-0.05, 0) is 77.6 Å². The van der Waals surface area contributed by atoms with Crippen molar-refractivity contribution in [2.45, 2.75) is 26.7 Å². The fourth-order valence-corrected chi connectivity index (χ4v) is 7.58. The molecule has 45 heavy (non-hydrogen) atoms. The molecule has 2 aliphatic rings. The average Bonchev–Trinajstić information content (AvgIpc) is 3.69. The molecule has 9 rings (SSSR count). The van der Waals surface area contributed by atoms with Gasteiger partial charge < -0.3 is 9.13 Å². The van der Waals surface area contributed by atoms with Crippen LogP contribution in [-0.2, 0) is 0 Å². The van der Waals surface area contributed by atoms with Crippen molar-refractivity contribution >= 4 is 50.4 Å². The summed E-state index contributed by atoms with van der Waals surface area (Å²) in [6.07, 6.45) is 14.0. The van der Waals surface area contributed by atoms with Crippen molar-refractivity contribution in [1.82, 2.24) is 9.13 Å². The Hall–Kier alpha value is -5.34. The molecule has 0 saturated heterocycles. The minimum Gasteiger partial charge on any atom is -0.310 e. The molecule has 216 valence electrons. The van der Waals surface area contributed by atoms with Crippen LogP contribution in [0.25, 0.3) is 72.9 Å². The van der Waals surface area contributed by atoms with E-state index in [1.165, 1.54) is 76.9 Å². The average molecular weight is 579 g/mol. The van der Waals surface area contributed by atoms with Crippen LogP contribution in [-0.4, -0.2) is 9.13 Å². The molecule has 2 heteroatoms. The number of rotatable bonds is 4. The predicted octanol–water partition coefficient (Wildman–Crippen LogP) is 9.73. The second kappa shape index (κ2) is 9.84. The number of nitrogens with zero attached hydrogens (tertiary/aromatic N) is 2. The van der Waals surface area contributed by atoms with Crippen molar-refractivity contribution in [3.8, 4) is 22.5 Å². The van der Waals surface area contributed by atoms with Crippen molar-refractivity contribution in [2.24, 2.45) is 5.41 Å². The van der Waals surface area contributed by atoms with Crippen LogP contribution in [0.1, 0.15) is 32.3 Å². The number of hydrogen-bond acceptors (Lipinski definition) is 0. The molecule has 0 saturated carbocycles. The molecule has 2 aromatic heterocycles. The number of benzene rings is 5. The molecular weight excluding hydrogens is 544 g/mol. The third kappa shape index (κ3) is 4.09. The maximum atomic E-state index is 2.47. The highest BCUT2D eigenvalue weighted by Gasteiger charge is 2.25. The summed E-state index contributed by atoms with van der Waals surface area (Å²) >= 11 is 0. The molecule has 0 spiro atoms. The van der Waals surface area contributed by atoms with Crippen molar-refractivity contribution < 1.29 is 0 Å². The van der Waals surface area contributed by atoms with Crippen LogP contribution in [0.15, 0.2) is 133 Å². The lowest BCUT2D eigenvalue weighted by molar-refractivity contribution is 0.722. The van der Waals surface area contributed by atoms with Crippen molar-refractivity contribution in [1.29, 1.82) is 0 Å². The van der Waals surface area contributed by atoms with Crippen LogP contribution in [0.3, 0.4) is 0 Å². The Kier molecular flexibility index (Phi) is 5.70. The normalized spacial score (nSPS) is 15.3. The van der Waals surface area contributed by atoms with Gasteiger partial charge in [-0.3, -0.25) is 0 Å². The Morgan fingerprint density at radius 2 is 1.29 bits per heavy atom. The summed E-state index contributed by atoms with van der Waals surface area (Å²) in [5.74, 6) is 0. The summed E-state index contributed by atoms with van der Waals surface area (Å²) in [5.41, 5.74) is 11.1. The summed E-state index contributed by atoms with van der Waals surface area (Å²) in [5, 5.41) is 6.56. The second-order valence-electron chi connectivity index (χ2n) is 13.1. The molecule has 0 bridgehead atoms. The van der Waals surface area contributed by atoms with Crippen LogP contribution < -0.4 is 10.6 Å². The number of hydrogen-bond donors (Lipinski definition) is 0. The summed E-state index contributed by atoms with van der Waals surface area (Å²) in [6.45, 7) is 4.62. The van der Waals surface area contributed by atoms with E-state index in [2.05, 4.69) is 169 Å². The lowest BCUT2D eigenvalue weighted by Crippen LogP contribution is -2.25. The third-order valence-corrected chi connectivity index (χ3v) is 9.53. The first-order valence-electron chi connectivity index (χ1n) is 16.0. The molecule has 2 nitrogen and oxygen atoms in total. The number of aromatic nitrogens is 2. The van der Waals surface area contributed by atoms with Gasteiger partial charge in [0.05, 0.1) is 21.9 Å². The molecule has 5 aromatic carbocycles. The van der Waals surface area contributed by atoms with Gasteiger partial charge in [-0.2, -0.15) is 0 Å². The molecule has 0 radical (unpaired) electrons. The molecule has 0 aliphatic heterocycles. The Bertz CT molecular complexity index is 2480. The molecule has 7 aromatic rings. The Morgan fingerprint density at radius 3 is 2.09 bits per heavy atom. The van der Waals surface area contributed by atoms with Gasteiger partial charge in [-0.25, -0.2) is 0 Å². The van der Waals surface area contributed by atoms with E-state index in [-0.39, 0.29) is 5.41 Å². The van der Waals surface area contributed by atoms with Crippen LogP contribution in [0.2, 0.25) is 0 Å². The molecule has 0 atom stereocenters. The molecule has 0 N–H and O–H groups in total. The van der Waals surface area contributed by atoms with Crippen molar-refractivity contribution in [2.75, 3.05) is 0 Å². The zero-order valence-electron chi connectivity index (χ0n) is 25.7. The first-order valence-corrected chi connectivity index (χ1v) is 16.0. The predicted molar refractivity (Wildman–Crippen MR) is 191 cm³/mol. The summed E-state index contributed by atoms with van der Waals surface area (Å²) < 4.78 is 4.93. The molecule has 0 amide bonds. The van der Waals surface area contributed by atoms with E-state index in [1.807, 2.05) is 0 Å². The SMILES string of the molecule is CC1(C)C=c2c(n(-c3ccc(-c4ccccc4)cc3)c3ccc4c(c5ccccc5n4-c4cccc(C5=CCCC=C5)c4)c23)=C1. The summed E-state index contributed by atoms with van der Waals surface area (Å²) in [4.78, 5) is 0. The van der Waals surface area contributed by atoms with E-state index in [0.717, 1.165) is 12.8 Å². The molecule has 2 heterocycles. The highest BCUT2D eigenvalue weighted by Crippen LogP contribution is 2.38. The molecular formula is C43H34N2. The third-order valence-electron chi connectivity index (χ3n) is 9.53. The van der Waals surface area contributed by atoms with E-state index in [9.17, 15) is 0 Å². The Balaban J connectivity index is 1.32. The van der Waals surface area contributed by atoms with Gasteiger partial charge in [-0.1, -0.05) is 117 Å². The zero-order chi connectivity index (χ0) is 30.1. The van der Waals surface area contributed by atoms with Gasteiger partial charge >= 0.3 is 0 Å². The largest absolute Gasteiger partial charge is 0.310 e. The van der Waals surface area contributed by atoms with Gasteiger partial charge in [0, 0.05) is 38.2 Å². The molecule has 0 fully saturated rings. The first kappa shape index (κ1) is 26.1. The lowest BCUT2D eigenvalue weighted by atomic mass is 9.95. The lowest BCUT2D eigenvalue weighted by Gasteiger charge is -2.13. The highest BCUT2D eigenvalue weighted by atomic mass is 15.0. The Labute approximate surface area is 263 Å². The van der Waals surface area contributed by atoms with E-state index >= 15 is 0 Å². The van der Waals surface area contributed by atoms with Crippen LogP contribution in [0, 0.1) is 5.41 Å². The maximum Gasteiger partial charge on any atom is 0.0548 e. The van der Waals surface area contributed by atoms with Crippen LogP contribution in [0.4, 0.5) is 0 Å². The number of para-hydroxylation sites is 1. The fraction of sp³-hybridized carbons (Fsp3) is 0.116. The standard InChI is InChI=1S/C43H34N2/c1-43(2)27-36-40(28-43)44(33-22-20-31(21-23-33)29-12-5-3-6-13-29)39-25-24-38-41(42(36)39)35-18-9-10-19-37(35)45(38)34-17-11-16-32(26-34)30-14-7-4-8-15-30/h3,5-7,9-28H,4,8H2,1-2H3. The van der Waals surface area contributed by atoms with E-state index in [4.69, 9.17) is 0 Å². The van der Waals surface area contributed by atoms with Gasteiger partial charge in [0.2, 0.25) is 0 Å². The van der Waals surface area contributed by atoms with E-state index in [1.54, 1.807) is 0 Å². The first-order chi connectivity index (χ1) is 22.1. The van der Waals surface area contributed by atoms with Crippen molar-refractivity contribution in [3.05, 3.63) is 150 Å². The monoisotopic (exact) mass is 578 g/mol. The fourth-order valence-electron chi connectivity index (χ4n) is 7.58. The van der Waals surface area contributed by atoms with Crippen molar-refractivity contribution in [3.63, 3.8) is 0 Å². The molecule has 0 unspecified atom stereocenters. The summed E-state index contributed by atoms with van der Waals surface area (Å²) in [7, 11) is 0.